The van der Waals surface area contributed by atoms with Crippen LogP contribution in [0.15, 0.2) is 36.4 Å². The zero-order valence-corrected chi connectivity index (χ0v) is 9.95. The van der Waals surface area contributed by atoms with Gasteiger partial charge in [0.25, 0.3) is 0 Å². The van der Waals surface area contributed by atoms with E-state index in [1.54, 1.807) is 0 Å². The molecule has 0 atom stereocenters. The summed E-state index contributed by atoms with van der Waals surface area (Å²) in [5, 5.41) is 2.96. The van der Waals surface area contributed by atoms with Crippen molar-refractivity contribution in [2.24, 2.45) is 0 Å². The lowest BCUT2D eigenvalue weighted by molar-refractivity contribution is 0.174. The van der Waals surface area contributed by atoms with Gasteiger partial charge in [-0.1, -0.05) is 6.07 Å². The van der Waals surface area contributed by atoms with Crippen LogP contribution >= 0.6 is 0 Å². The summed E-state index contributed by atoms with van der Waals surface area (Å²) in [5.41, 5.74) is 1.34. The Labute approximate surface area is 108 Å². The van der Waals surface area contributed by atoms with Crippen LogP contribution in [0, 0.1) is 11.6 Å². The molecule has 2 aromatic rings. The number of fused-ring (bicyclic) bond motifs is 1. The molecule has 0 saturated carbocycles. The lowest BCUT2D eigenvalue weighted by atomic mass is 10.2. The Balaban J connectivity index is 1.72. The van der Waals surface area contributed by atoms with Gasteiger partial charge in [0, 0.05) is 18.3 Å². The first-order valence-electron chi connectivity index (χ1n) is 5.79. The smallest absolute Gasteiger partial charge is 0.231 e. The van der Waals surface area contributed by atoms with Crippen molar-refractivity contribution in [3.63, 3.8) is 0 Å². The first-order chi connectivity index (χ1) is 9.20. The fraction of sp³-hybridized carbons (Fsp3) is 0.143. The lowest BCUT2D eigenvalue weighted by Crippen LogP contribution is -2.00. The average molecular weight is 263 g/mol. The molecule has 1 aliphatic heterocycles. The van der Waals surface area contributed by atoms with Gasteiger partial charge in [-0.2, -0.15) is 0 Å². The molecule has 0 saturated heterocycles. The van der Waals surface area contributed by atoms with Gasteiger partial charge in [-0.3, -0.25) is 0 Å². The molecule has 3 nitrogen and oxygen atoms in total. The predicted molar refractivity (Wildman–Crippen MR) is 66.2 cm³/mol. The third-order valence-corrected chi connectivity index (χ3v) is 2.80. The average Bonchev–Trinajstić information content (AvgIpc) is 2.82. The van der Waals surface area contributed by atoms with Crippen molar-refractivity contribution >= 4 is 5.69 Å². The Morgan fingerprint density at radius 1 is 0.947 bits per heavy atom. The summed E-state index contributed by atoms with van der Waals surface area (Å²) in [7, 11) is 0. The summed E-state index contributed by atoms with van der Waals surface area (Å²) >= 11 is 0. The van der Waals surface area contributed by atoms with Crippen LogP contribution in [-0.2, 0) is 6.54 Å². The van der Waals surface area contributed by atoms with E-state index in [-0.39, 0.29) is 6.79 Å². The van der Waals surface area contributed by atoms with Crippen LogP contribution in [0.25, 0.3) is 0 Å². The maximum Gasteiger partial charge on any atom is 0.231 e. The molecule has 0 radical (unpaired) electrons. The van der Waals surface area contributed by atoms with Gasteiger partial charge in [-0.25, -0.2) is 8.78 Å². The van der Waals surface area contributed by atoms with E-state index in [0.29, 0.717) is 23.7 Å². The van der Waals surface area contributed by atoms with Crippen LogP contribution < -0.4 is 14.8 Å². The number of halogens is 2. The summed E-state index contributed by atoms with van der Waals surface area (Å²) in [5.74, 6) is 0.187. The minimum absolute atomic E-state index is 0.224. The van der Waals surface area contributed by atoms with E-state index >= 15 is 0 Å². The predicted octanol–water partition coefficient (Wildman–Crippen LogP) is 3.31. The number of anilines is 1. The minimum atomic E-state index is -0.604. The fourth-order valence-corrected chi connectivity index (χ4v) is 1.91. The van der Waals surface area contributed by atoms with E-state index in [4.69, 9.17) is 9.47 Å². The first-order valence-corrected chi connectivity index (χ1v) is 5.79. The highest BCUT2D eigenvalue weighted by molar-refractivity contribution is 5.47. The molecule has 0 unspecified atom stereocenters. The van der Waals surface area contributed by atoms with Gasteiger partial charge in [0.05, 0.1) is 0 Å². The standard InChI is InChI=1S/C14H11F2NO2/c15-10-4-11(16)6-12(5-10)17-7-9-1-2-13-14(3-9)19-8-18-13/h1-6,17H,7-8H2. The van der Waals surface area contributed by atoms with Crippen LogP contribution in [-0.4, -0.2) is 6.79 Å². The molecule has 1 N–H and O–H groups in total. The SMILES string of the molecule is Fc1cc(F)cc(NCc2ccc3c(c2)OCO3)c1. The summed E-state index contributed by atoms with van der Waals surface area (Å²) < 4.78 is 36.5. The van der Waals surface area contributed by atoms with E-state index in [1.807, 2.05) is 18.2 Å². The van der Waals surface area contributed by atoms with Gasteiger partial charge in [-0.15, -0.1) is 0 Å². The number of hydrogen-bond donors (Lipinski definition) is 1. The number of benzene rings is 2. The topological polar surface area (TPSA) is 30.5 Å². The van der Waals surface area contributed by atoms with Crippen molar-refractivity contribution in [3.8, 4) is 11.5 Å². The highest BCUT2D eigenvalue weighted by atomic mass is 19.1. The molecular formula is C14H11F2NO2. The second-order valence-electron chi connectivity index (χ2n) is 4.20. The van der Waals surface area contributed by atoms with E-state index in [1.165, 1.54) is 12.1 Å². The zero-order valence-electron chi connectivity index (χ0n) is 9.95. The third kappa shape index (κ3) is 2.59. The van der Waals surface area contributed by atoms with Crippen LogP contribution in [0.4, 0.5) is 14.5 Å². The molecule has 0 aliphatic carbocycles. The van der Waals surface area contributed by atoms with E-state index in [0.717, 1.165) is 11.6 Å². The van der Waals surface area contributed by atoms with Crippen molar-refractivity contribution in [2.45, 2.75) is 6.54 Å². The van der Waals surface area contributed by atoms with E-state index < -0.39 is 11.6 Å². The molecular weight excluding hydrogens is 252 g/mol. The summed E-state index contributed by atoms with van der Waals surface area (Å²) in [4.78, 5) is 0. The molecule has 0 bridgehead atoms. The fourth-order valence-electron chi connectivity index (χ4n) is 1.91. The molecule has 0 aromatic heterocycles. The molecule has 0 spiro atoms. The lowest BCUT2D eigenvalue weighted by Gasteiger charge is -2.07. The number of ether oxygens (including phenoxy) is 2. The summed E-state index contributed by atoms with van der Waals surface area (Å²) in [6.07, 6.45) is 0. The second kappa shape index (κ2) is 4.76. The van der Waals surface area contributed by atoms with Gasteiger partial charge in [0.15, 0.2) is 11.5 Å². The van der Waals surface area contributed by atoms with Gasteiger partial charge in [0.2, 0.25) is 6.79 Å². The molecule has 5 heteroatoms. The summed E-state index contributed by atoms with van der Waals surface area (Å²) in [6, 6.07) is 8.85. The van der Waals surface area contributed by atoms with E-state index in [2.05, 4.69) is 5.32 Å². The molecule has 0 fully saturated rings. The van der Waals surface area contributed by atoms with Crippen molar-refractivity contribution in [2.75, 3.05) is 12.1 Å². The second-order valence-corrected chi connectivity index (χ2v) is 4.20. The molecule has 2 aromatic carbocycles. The normalized spacial score (nSPS) is 12.5. The van der Waals surface area contributed by atoms with Gasteiger partial charge in [0.1, 0.15) is 11.6 Å². The van der Waals surface area contributed by atoms with Crippen LogP contribution in [0.2, 0.25) is 0 Å². The van der Waals surface area contributed by atoms with Crippen LogP contribution in [0.5, 0.6) is 11.5 Å². The van der Waals surface area contributed by atoms with Gasteiger partial charge in [-0.05, 0) is 29.8 Å². The molecule has 1 heterocycles. The third-order valence-electron chi connectivity index (χ3n) is 2.80. The molecule has 98 valence electrons. The quantitative estimate of drug-likeness (QED) is 0.921. The van der Waals surface area contributed by atoms with Crippen LogP contribution in [0.1, 0.15) is 5.56 Å². The van der Waals surface area contributed by atoms with Crippen molar-refractivity contribution < 1.29 is 18.3 Å². The zero-order chi connectivity index (χ0) is 13.2. The number of rotatable bonds is 3. The monoisotopic (exact) mass is 263 g/mol. The molecule has 0 amide bonds. The summed E-state index contributed by atoms with van der Waals surface area (Å²) in [6.45, 7) is 0.668. The Bertz CT molecular complexity index is 596. The van der Waals surface area contributed by atoms with Gasteiger partial charge < -0.3 is 14.8 Å². The number of nitrogens with one attached hydrogen (secondary N) is 1. The maximum atomic E-state index is 13.0. The molecule has 19 heavy (non-hydrogen) atoms. The largest absolute Gasteiger partial charge is 0.454 e. The Morgan fingerprint density at radius 3 is 2.47 bits per heavy atom. The first kappa shape index (κ1) is 11.8. The van der Waals surface area contributed by atoms with Crippen molar-refractivity contribution in [1.82, 2.24) is 0 Å². The highest BCUT2D eigenvalue weighted by Crippen LogP contribution is 2.32. The Morgan fingerprint density at radius 2 is 1.68 bits per heavy atom. The Hall–Kier alpha value is -2.30. The minimum Gasteiger partial charge on any atom is -0.454 e. The van der Waals surface area contributed by atoms with Gasteiger partial charge >= 0.3 is 0 Å². The molecule has 1 aliphatic rings. The van der Waals surface area contributed by atoms with Crippen molar-refractivity contribution in [3.05, 3.63) is 53.6 Å². The maximum absolute atomic E-state index is 13.0. The Kier molecular flexibility index (Phi) is 2.95. The highest BCUT2D eigenvalue weighted by Gasteiger charge is 2.12. The van der Waals surface area contributed by atoms with E-state index in [9.17, 15) is 8.78 Å². The number of hydrogen-bond acceptors (Lipinski definition) is 3. The molecule has 3 rings (SSSR count). The van der Waals surface area contributed by atoms with Crippen LogP contribution in [0.3, 0.4) is 0 Å². The van der Waals surface area contributed by atoms with Crippen molar-refractivity contribution in [1.29, 1.82) is 0 Å².